The fourth-order valence-corrected chi connectivity index (χ4v) is 3.51. The number of aromatic nitrogens is 2. The van der Waals surface area contributed by atoms with Crippen molar-refractivity contribution in [1.29, 1.82) is 0 Å². The Balaban J connectivity index is 1.82. The molecule has 1 aromatic heterocycles. The quantitative estimate of drug-likeness (QED) is 0.327. The predicted octanol–water partition coefficient (Wildman–Crippen LogP) is 5.11. The molecule has 0 saturated heterocycles. The fourth-order valence-electron chi connectivity index (χ4n) is 3.51. The van der Waals surface area contributed by atoms with Gasteiger partial charge in [-0.3, -0.25) is 10.1 Å². The maximum atomic E-state index is 11.4. The van der Waals surface area contributed by atoms with Crippen molar-refractivity contribution in [1.82, 2.24) is 9.97 Å². The first-order valence-electron chi connectivity index (χ1n) is 8.54. The van der Waals surface area contributed by atoms with Crippen LogP contribution >= 0.6 is 0 Å². The molecule has 0 saturated carbocycles. The summed E-state index contributed by atoms with van der Waals surface area (Å²) in [5, 5.41) is 11.4. The second-order valence-electron chi connectivity index (χ2n) is 6.33. The van der Waals surface area contributed by atoms with E-state index in [9.17, 15) is 10.1 Å². The number of nitro benzene ring substituents is 1. The molecule has 5 heteroatoms. The van der Waals surface area contributed by atoms with Gasteiger partial charge < -0.3 is 0 Å². The third kappa shape index (κ3) is 2.40. The van der Waals surface area contributed by atoms with E-state index < -0.39 is 0 Å². The van der Waals surface area contributed by atoms with Crippen LogP contribution in [0.25, 0.3) is 33.9 Å². The lowest BCUT2D eigenvalue weighted by Crippen LogP contribution is -1.94. The Bertz CT molecular complexity index is 1260. The van der Waals surface area contributed by atoms with Crippen LogP contribution in [0.3, 0.4) is 0 Å². The van der Waals surface area contributed by atoms with E-state index >= 15 is 0 Å². The molecule has 128 valence electrons. The van der Waals surface area contributed by atoms with Gasteiger partial charge in [-0.25, -0.2) is 9.97 Å². The van der Waals surface area contributed by atoms with Gasteiger partial charge in [-0.05, 0) is 29.8 Å². The van der Waals surface area contributed by atoms with Crippen LogP contribution in [-0.2, 0) is 0 Å². The summed E-state index contributed by atoms with van der Waals surface area (Å²) < 4.78 is 0. The van der Waals surface area contributed by atoms with Crippen LogP contribution in [0.2, 0.25) is 0 Å². The number of fused-ring (bicyclic) bond motifs is 4. The average Bonchev–Trinajstić information content (AvgIpc) is 3.00. The summed E-state index contributed by atoms with van der Waals surface area (Å²) in [6.45, 7) is 0. The summed E-state index contributed by atoms with van der Waals surface area (Å²) in [5.41, 5.74) is 6.67. The van der Waals surface area contributed by atoms with Gasteiger partial charge in [-0.1, -0.05) is 48.5 Å². The highest BCUT2D eigenvalue weighted by atomic mass is 16.6. The van der Waals surface area contributed by atoms with E-state index in [0.29, 0.717) is 5.56 Å². The standard InChI is InChI=1S/C22H13N3O2/c26-25(27)20-12-6-1-7-14(20)13-17-15-8-2-3-9-16(15)21-22(17)24-19-11-5-4-10-18(19)23-21/h1-13H/b17-13+. The molecule has 0 N–H and O–H groups in total. The number of hydrogen-bond acceptors (Lipinski definition) is 4. The van der Waals surface area contributed by atoms with Crippen molar-refractivity contribution in [3.8, 4) is 11.3 Å². The first-order chi connectivity index (χ1) is 13.2. The van der Waals surface area contributed by atoms with Crippen LogP contribution in [0.15, 0.2) is 72.8 Å². The van der Waals surface area contributed by atoms with Gasteiger partial charge in [0.25, 0.3) is 5.69 Å². The van der Waals surface area contributed by atoms with Crippen molar-refractivity contribution in [2.75, 3.05) is 0 Å². The smallest absolute Gasteiger partial charge is 0.258 e. The van der Waals surface area contributed by atoms with Crippen molar-refractivity contribution in [2.24, 2.45) is 0 Å². The molecular formula is C22H13N3O2. The minimum Gasteiger partial charge on any atom is -0.258 e. The molecule has 3 aromatic carbocycles. The normalized spacial score (nSPS) is 13.6. The molecule has 5 rings (SSSR count). The summed E-state index contributed by atoms with van der Waals surface area (Å²) in [4.78, 5) is 20.7. The highest BCUT2D eigenvalue weighted by Gasteiger charge is 2.27. The molecule has 0 bridgehead atoms. The van der Waals surface area contributed by atoms with E-state index in [1.54, 1.807) is 18.2 Å². The van der Waals surface area contributed by atoms with Crippen LogP contribution in [0.4, 0.5) is 5.69 Å². The van der Waals surface area contributed by atoms with Crippen molar-refractivity contribution in [2.45, 2.75) is 0 Å². The number of benzene rings is 3. The summed E-state index contributed by atoms with van der Waals surface area (Å²) >= 11 is 0. The molecule has 4 aromatic rings. The molecular weight excluding hydrogens is 338 g/mol. The van der Waals surface area contributed by atoms with Crippen LogP contribution in [0, 0.1) is 10.1 Å². The fraction of sp³-hybridized carbons (Fsp3) is 0. The largest absolute Gasteiger partial charge is 0.276 e. The predicted molar refractivity (Wildman–Crippen MR) is 105 cm³/mol. The molecule has 0 aliphatic heterocycles. The number of rotatable bonds is 2. The van der Waals surface area contributed by atoms with Crippen LogP contribution in [-0.4, -0.2) is 14.9 Å². The van der Waals surface area contributed by atoms with E-state index in [2.05, 4.69) is 0 Å². The van der Waals surface area contributed by atoms with Crippen molar-refractivity contribution in [3.63, 3.8) is 0 Å². The molecule has 0 spiro atoms. The summed E-state index contributed by atoms with van der Waals surface area (Å²) in [7, 11) is 0. The molecule has 1 aliphatic rings. The van der Waals surface area contributed by atoms with E-state index in [0.717, 1.165) is 39.1 Å². The summed E-state index contributed by atoms with van der Waals surface area (Å²) in [6.07, 6.45) is 1.84. The molecule has 0 radical (unpaired) electrons. The van der Waals surface area contributed by atoms with Gasteiger partial charge in [0.1, 0.15) is 0 Å². The minimum absolute atomic E-state index is 0.0738. The van der Waals surface area contributed by atoms with Gasteiger partial charge in [-0.15, -0.1) is 0 Å². The minimum atomic E-state index is -0.361. The van der Waals surface area contributed by atoms with Gasteiger partial charge in [0, 0.05) is 17.2 Å². The maximum absolute atomic E-state index is 11.4. The van der Waals surface area contributed by atoms with Gasteiger partial charge in [0.05, 0.1) is 32.9 Å². The lowest BCUT2D eigenvalue weighted by atomic mass is 10.0. The number of nitrogens with zero attached hydrogens (tertiary/aromatic N) is 3. The maximum Gasteiger partial charge on any atom is 0.276 e. The number of nitro groups is 1. The van der Waals surface area contributed by atoms with Crippen molar-refractivity contribution in [3.05, 3.63) is 99.7 Å². The van der Waals surface area contributed by atoms with Crippen LogP contribution in [0.1, 0.15) is 16.8 Å². The monoisotopic (exact) mass is 351 g/mol. The van der Waals surface area contributed by atoms with Gasteiger partial charge in [0.15, 0.2) is 0 Å². The van der Waals surface area contributed by atoms with Gasteiger partial charge >= 0.3 is 0 Å². The Labute approximate surface area is 154 Å². The first-order valence-corrected chi connectivity index (χ1v) is 8.54. The number of para-hydroxylation sites is 3. The topological polar surface area (TPSA) is 68.9 Å². The van der Waals surface area contributed by atoms with Gasteiger partial charge in [-0.2, -0.15) is 0 Å². The summed E-state index contributed by atoms with van der Waals surface area (Å²) in [5.74, 6) is 0. The second-order valence-corrected chi connectivity index (χ2v) is 6.33. The van der Waals surface area contributed by atoms with Crippen molar-refractivity contribution < 1.29 is 4.92 Å². The Morgan fingerprint density at radius 2 is 1.33 bits per heavy atom. The Morgan fingerprint density at radius 1 is 0.741 bits per heavy atom. The zero-order valence-electron chi connectivity index (χ0n) is 14.2. The third-order valence-electron chi connectivity index (χ3n) is 4.73. The lowest BCUT2D eigenvalue weighted by Gasteiger charge is -2.04. The third-order valence-corrected chi connectivity index (χ3v) is 4.73. The van der Waals surface area contributed by atoms with E-state index in [1.165, 1.54) is 6.07 Å². The van der Waals surface area contributed by atoms with Crippen LogP contribution in [0.5, 0.6) is 0 Å². The SMILES string of the molecule is O=[N+]([O-])c1ccccc1/C=C1\c2ccccc2-c2nc3ccccc3nc21. The summed E-state index contributed by atoms with van der Waals surface area (Å²) in [6, 6.07) is 22.4. The zero-order chi connectivity index (χ0) is 18.4. The molecule has 0 atom stereocenters. The molecule has 5 nitrogen and oxygen atoms in total. The Hall–Kier alpha value is -3.86. The van der Waals surface area contributed by atoms with E-state index in [1.807, 2.05) is 54.6 Å². The molecule has 0 unspecified atom stereocenters. The average molecular weight is 351 g/mol. The molecule has 1 aliphatic carbocycles. The number of hydrogen-bond donors (Lipinski definition) is 0. The molecule has 0 fully saturated rings. The molecule has 1 heterocycles. The first kappa shape index (κ1) is 15.4. The second kappa shape index (κ2) is 5.85. The highest BCUT2D eigenvalue weighted by molar-refractivity contribution is 6.06. The Morgan fingerprint density at radius 3 is 2.07 bits per heavy atom. The molecule has 0 amide bonds. The lowest BCUT2D eigenvalue weighted by molar-refractivity contribution is -0.385. The molecule has 27 heavy (non-hydrogen) atoms. The zero-order valence-corrected chi connectivity index (χ0v) is 14.2. The van der Waals surface area contributed by atoms with E-state index in [-0.39, 0.29) is 10.6 Å². The Kier molecular flexibility index (Phi) is 3.33. The van der Waals surface area contributed by atoms with Gasteiger partial charge in [0.2, 0.25) is 0 Å². The highest BCUT2D eigenvalue weighted by Crippen LogP contribution is 2.44. The van der Waals surface area contributed by atoms with Crippen LogP contribution < -0.4 is 0 Å². The van der Waals surface area contributed by atoms with E-state index in [4.69, 9.17) is 9.97 Å². The van der Waals surface area contributed by atoms with Crippen molar-refractivity contribution >= 4 is 28.4 Å².